The zero-order valence-electron chi connectivity index (χ0n) is 14.9. The van der Waals surface area contributed by atoms with Gasteiger partial charge in [0.25, 0.3) is 0 Å². The smallest absolute Gasteiger partial charge is 0.191 e. The average molecular weight is 450 g/mol. The fraction of sp³-hybridized carbons (Fsp3) is 0.588. The van der Waals surface area contributed by atoms with Gasteiger partial charge in [0.2, 0.25) is 0 Å². The number of thioether (sulfide) groups is 1. The molecular weight excluding hydrogens is 419 g/mol. The van der Waals surface area contributed by atoms with Crippen LogP contribution in [0.15, 0.2) is 29.3 Å². The summed E-state index contributed by atoms with van der Waals surface area (Å²) < 4.78 is 0. The lowest BCUT2D eigenvalue weighted by molar-refractivity contribution is 0.298. The van der Waals surface area contributed by atoms with Crippen molar-refractivity contribution in [1.82, 2.24) is 15.5 Å². The van der Waals surface area contributed by atoms with Gasteiger partial charge >= 0.3 is 0 Å². The molecule has 4 nitrogen and oxygen atoms in total. The van der Waals surface area contributed by atoms with Crippen molar-refractivity contribution in [3.63, 3.8) is 0 Å². The van der Waals surface area contributed by atoms with Crippen molar-refractivity contribution < 1.29 is 0 Å². The molecule has 1 rings (SSSR count). The number of hydrogen-bond donors (Lipinski definition) is 2. The highest BCUT2D eigenvalue weighted by molar-refractivity contribution is 14.0. The summed E-state index contributed by atoms with van der Waals surface area (Å²) in [4.78, 5) is 6.52. The third-order valence-corrected chi connectivity index (χ3v) is 4.29. The van der Waals surface area contributed by atoms with Gasteiger partial charge in [-0.25, -0.2) is 0 Å². The van der Waals surface area contributed by atoms with Crippen LogP contribution in [0.3, 0.4) is 0 Å². The summed E-state index contributed by atoms with van der Waals surface area (Å²) in [5.41, 5.74) is 2.71. The van der Waals surface area contributed by atoms with Gasteiger partial charge in [-0.2, -0.15) is 11.8 Å². The molecule has 132 valence electrons. The molecule has 1 atom stereocenters. The SMILES string of the molecule is CCc1ccc(C(CNC(=NC)NCCSC)N(C)C)cc1.I. The van der Waals surface area contributed by atoms with E-state index in [4.69, 9.17) is 0 Å². The standard InChI is InChI=1S/C17H30N4S.HI/c1-6-14-7-9-15(10-8-14)16(21(3)4)13-20-17(18-2)19-11-12-22-5;/h7-10,16H,6,11-13H2,1-5H3,(H2,18,19,20);1H. The van der Waals surface area contributed by atoms with Crippen molar-refractivity contribution in [2.24, 2.45) is 4.99 Å². The van der Waals surface area contributed by atoms with Gasteiger partial charge in [-0.3, -0.25) is 4.99 Å². The van der Waals surface area contributed by atoms with Gasteiger partial charge in [0.05, 0.1) is 6.04 Å². The predicted molar refractivity (Wildman–Crippen MR) is 115 cm³/mol. The second-order valence-electron chi connectivity index (χ2n) is 5.45. The summed E-state index contributed by atoms with van der Waals surface area (Å²) >= 11 is 1.83. The Labute approximate surface area is 162 Å². The molecule has 0 aromatic heterocycles. The number of rotatable bonds is 8. The molecule has 0 bridgehead atoms. The number of hydrogen-bond acceptors (Lipinski definition) is 3. The molecule has 0 saturated carbocycles. The highest BCUT2D eigenvalue weighted by Crippen LogP contribution is 2.18. The fourth-order valence-electron chi connectivity index (χ4n) is 2.26. The van der Waals surface area contributed by atoms with Crippen molar-refractivity contribution >= 4 is 41.7 Å². The van der Waals surface area contributed by atoms with Gasteiger partial charge in [0.1, 0.15) is 0 Å². The summed E-state index contributed by atoms with van der Waals surface area (Å²) in [7, 11) is 6.04. The van der Waals surface area contributed by atoms with Crippen LogP contribution in [0, 0.1) is 0 Å². The average Bonchev–Trinajstić information content (AvgIpc) is 2.53. The summed E-state index contributed by atoms with van der Waals surface area (Å²) in [6, 6.07) is 9.23. The number of benzene rings is 1. The quantitative estimate of drug-likeness (QED) is 0.277. The van der Waals surface area contributed by atoms with Gasteiger partial charge in [-0.15, -0.1) is 24.0 Å². The van der Waals surface area contributed by atoms with Crippen LogP contribution >= 0.6 is 35.7 Å². The van der Waals surface area contributed by atoms with E-state index in [-0.39, 0.29) is 24.0 Å². The molecule has 0 amide bonds. The lowest BCUT2D eigenvalue weighted by Gasteiger charge is -2.26. The first-order chi connectivity index (χ1) is 10.6. The number of likely N-dealkylation sites (N-methyl/N-ethyl adjacent to an activating group) is 1. The van der Waals surface area contributed by atoms with Gasteiger partial charge in [-0.1, -0.05) is 31.2 Å². The molecule has 6 heteroatoms. The molecule has 0 radical (unpaired) electrons. The van der Waals surface area contributed by atoms with Crippen LogP contribution in [-0.4, -0.2) is 57.1 Å². The van der Waals surface area contributed by atoms with E-state index < -0.39 is 0 Å². The Balaban J connectivity index is 0.00000484. The Hall–Kier alpha value is -0.470. The third kappa shape index (κ3) is 8.26. The highest BCUT2D eigenvalue weighted by Gasteiger charge is 2.14. The molecule has 1 unspecified atom stereocenters. The Morgan fingerprint density at radius 2 is 1.87 bits per heavy atom. The van der Waals surface area contributed by atoms with E-state index in [0.29, 0.717) is 6.04 Å². The van der Waals surface area contributed by atoms with E-state index in [0.717, 1.165) is 31.2 Å². The van der Waals surface area contributed by atoms with Crippen LogP contribution in [0.4, 0.5) is 0 Å². The molecule has 2 N–H and O–H groups in total. The van der Waals surface area contributed by atoms with Crippen LogP contribution < -0.4 is 10.6 Å². The summed E-state index contributed by atoms with van der Waals surface area (Å²) in [6.07, 6.45) is 3.19. The van der Waals surface area contributed by atoms with Crippen LogP contribution in [-0.2, 0) is 6.42 Å². The molecule has 1 aromatic rings. The van der Waals surface area contributed by atoms with Crippen molar-refractivity contribution in [2.45, 2.75) is 19.4 Å². The van der Waals surface area contributed by atoms with Gasteiger partial charge < -0.3 is 15.5 Å². The number of nitrogens with zero attached hydrogens (tertiary/aromatic N) is 2. The van der Waals surface area contributed by atoms with Crippen LogP contribution in [0.25, 0.3) is 0 Å². The van der Waals surface area contributed by atoms with Gasteiger partial charge in [0, 0.05) is 25.9 Å². The lowest BCUT2D eigenvalue weighted by atomic mass is 10.0. The van der Waals surface area contributed by atoms with Gasteiger partial charge in [0.15, 0.2) is 5.96 Å². The molecule has 0 aliphatic heterocycles. The topological polar surface area (TPSA) is 39.7 Å². The van der Waals surface area contributed by atoms with E-state index in [2.05, 4.69) is 72.1 Å². The third-order valence-electron chi connectivity index (χ3n) is 3.68. The predicted octanol–water partition coefficient (Wildman–Crippen LogP) is 3.00. The Kier molecular flexibility index (Phi) is 12.6. The molecule has 0 fully saturated rings. The molecule has 0 spiro atoms. The monoisotopic (exact) mass is 450 g/mol. The summed E-state index contributed by atoms with van der Waals surface area (Å²) in [5.74, 6) is 1.95. The first-order valence-corrected chi connectivity index (χ1v) is 9.20. The van der Waals surface area contributed by atoms with Crippen LogP contribution in [0.2, 0.25) is 0 Å². The van der Waals surface area contributed by atoms with Crippen LogP contribution in [0.5, 0.6) is 0 Å². The Bertz CT molecular complexity index is 448. The van der Waals surface area contributed by atoms with E-state index in [1.165, 1.54) is 11.1 Å². The summed E-state index contributed by atoms with van der Waals surface area (Å²) in [5, 5.41) is 6.76. The summed E-state index contributed by atoms with van der Waals surface area (Å²) in [6.45, 7) is 3.94. The minimum atomic E-state index is 0. The van der Waals surface area contributed by atoms with Crippen LogP contribution in [0.1, 0.15) is 24.1 Å². The molecule has 0 saturated heterocycles. The highest BCUT2D eigenvalue weighted by atomic mass is 127. The number of guanidine groups is 1. The van der Waals surface area contributed by atoms with Gasteiger partial charge in [-0.05, 0) is 37.9 Å². The Morgan fingerprint density at radius 3 is 2.35 bits per heavy atom. The molecule has 0 heterocycles. The first kappa shape index (κ1) is 22.5. The maximum atomic E-state index is 4.28. The Morgan fingerprint density at radius 1 is 1.22 bits per heavy atom. The van der Waals surface area contributed by atoms with E-state index in [1.807, 2.05) is 18.8 Å². The van der Waals surface area contributed by atoms with Crippen molar-refractivity contribution in [1.29, 1.82) is 0 Å². The molecule has 1 aromatic carbocycles. The second kappa shape index (κ2) is 12.9. The number of nitrogens with one attached hydrogen (secondary N) is 2. The van der Waals surface area contributed by atoms with E-state index in [9.17, 15) is 0 Å². The number of aliphatic imine (C=N–C) groups is 1. The fourth-order valence-corrected chi connectivity index (χ4v) is 2.57. The zero-order valence-corrected chi connectivity index (χ0v) is 18.1. The minimum absolute atomic E-state index is 0. The molecule has 0 aliphatic carbocycles. The van der Waals surface area contributed by atoms with Crippen molar-refractivity contribution in [3.8, 4) is 0 Å². The minimum Gasteiger partial charge on any atom is -0.356 e. The molecular formula is C17H31IN4S. The molecule has 0 aliphatic rings. The molecule has 23 heavy (non-hydrogen) atoms. The number of halogens is 1. The van der Waals surface area contributed by atoms with Crippen molar-refractivity contribution in [3.05, 3.63) is 35.4 Å². The lowest BCUT2D eigenvalue weighted by Crippen LogP contribution is -2.42. The van der Waals surface area contributed by atoms with E-state index >= 15 is 0 Å². The first-order valence-electron chi connectivity index (χ1n) is 7.81. The zero-order chi connectivity index (χ0) is 16.4. The normalized spacial score (nSPS) is 12.7. The maximum absolute atomic E-state index is 4.28. The second-order valence-corrected chi connectivity index (χ2v) is 6.43. The largest absolute Gasteiger partial charge is 0.356 e. The van der Waals surface area contributed by atoms with Crippen molar-refractivity contribution in [2.75, 3.05) is 46.2 Å². The van der Waals surface area contributed by atoms with E-state index in [1.54, 1.807) is 0 Å². The number of aryl methyl sites for hydroxylation is 1. The maximum Gasteiger partial charge on any atom is 0.191 e.